The standard InChI is InChI=1S/C16H17N7S/c1-2-4-13(5-3-1)22-8-10-23(11-9-22)16-21-20-15(24-16)19-14-12-17-6-7-18-14/h1-7,12H,8-11H2,(H,18,19,20). The van der Waals surface area contributed by atoms with E-state index in [4.69, 9.17) is 0 Å². The predicted octanol–water partition coefficient (Wildman–Crippen LogP) is 2.40. The molecule has 0 unspecified atom stereocenters. The van der Waals surface area contributed by atoms with Crippen molar-refractivity contribution in [1.29, 1.82) is 0 Å². The monoisotopic (exact) mass is 339 g/mol. The number of nitrogens with zero attached hydrogens (tertiary/aromatic N) is 6. The molecular formula is C16H17N7S. The zero-order chi connectivity index (χ0) is 16.2. The molecule has 0 aliphatic carbocycles. The summed E-state index contributed by atoms with van der Waals surface area (Å²) >= 11 is 1.54. The molecule has 0 bridgehead atoms. The molecule has 122 valence electrons. The van der Waals surface area contributed by atoms with Gasteiger partial charge in [0.05, 0.1) is 6.20 Å². The SMILES string of the molecule is c1ccc(N2CCN(c3nnc(Nc4cnccn4)s3)CC2)cc1. The van der Waals surface area contributed by atoms with Gasteiger partial charge in [-0.25, -0.2) is 4.98 Å². The fraction of sp³-hybridized carbons (Fsp3) is 0.250. The van der Waals surface area contributed by atoms with Gasteiger partial charge in [-0.3, -0.25) is 4.98 Å². The van der Waals surface area contributed by atoms with Crippen LogP contribution in [0, 0.1) is 0 Å². The van der Waals surface area contributed by atoms with Crippen LogP contribution >= 0.6 is 11.3 Å². The fourth-order valence-electron chi connectivity index (χ4n) is 2.66. The molecule has 0 radical (unpaired) electrons. The average Bonchev–Trinajstić information content (AvgIpc) is 3.12. The van der Waals surface area contributed by atoms with Crippen LogP contribution in [0.1, 0.15) is 0 Å². The maximum Gasteiger partial charge on any atom is 0.213 e. The first-order valence-corrected chi connectivity index (χ1v) is 8.61. The summed E-state index contributed by atoms with van der Waals surface area (Å²) < 4.78 is 0. The van der Waals surface area contributed by atoms with Crippen LogP contribution in [0.2, 0.25) is 0 Å². The Morgan fingerprint density at radius 3 is 2.46 bits per heavy atom. The van der Waals surface area contributed by atoms with E-state index in [0.29, 0.717) is 5.82 Å². The topological polar surface area (TPSA) is 70.1 Å². The Bertz CT molecular complexity index is 769. The summed E-state index contributed by atoms with van der Waals surface area (Å²) in [6.45, 7) is 3.84. The normalized spacial score (nSPS) is 14.7. The van der Waals surface area contributed by atoms with Crippen LogP contribution in [0.15, 0.2) is 48.9 Å². The van der Waals surface area contributed by atoms with Gasteiger partial charge in [0.15, 0.2) is 5.82 Å². The highest BCUT2D eigenvalue weighted by molar-refractivity contribution is 7.19. The van der Waals surface area contributed by atoms with Gasteiger partial charge in [0.1, 0.15) is 0 Å². The molecule has 1 saturated heterocycles. The van der Waals surface area contributed by atoms with E-state index >= 15 is 0 Å². The van der Waals surface area contributed by atoms with Crippen molar-refractivity contribution in [3.8, 4) is 0 Å². The Hall–Kier alpha value is -2.74. The average molecular weight is 339 g/mol. The molecule has 0 atom stereocenters. The molecule has 1 fully saturated rings. The van der Waals surface area contributed by atoms with Crippen molar-refractivity contribution in [3.05, 3.63) is 48.9 Å². The van der Waals surface area contributed by atoms with E-state index < -0.39 is 0 Å². The summed E-state index contributed by atoms with van der Waals surface area (Å²) in [6, 6.07) is 10.5. The van der Waals surface area contributed by atoms with Crippen molar-refractivity contribution in [2.75, 3.05) is 41.3 Å². The van der Waals surface area contributed by atoms with E-state index in [9.17, 15) is 0 Å². The first kappa shape index (κ1) is 14.8. The molecule has 0 amide bonds. The lowest BCUT2D eigenvalue weighted by Crippen LogP contribution is -2.46. The van der Waals surface area contributed by atoms with E-state index in [-0.39, 0.29) is 0 Å². The van der Waals surface area contributed by atoms with Crippen LogP contribution in [0.5, 0.6) is 0 Å². The van der Waals surface area contributed by atoms with Gasteiger partial charge in [0, 0.05) is 44.3 Å². The highest BCUT2D eigenvalue weighted by Crippen LogP contribution is 2.27. The third-order valence-electron chi connectivity index (χ3n) is 3.88. The number of para-hydroxylation sites is 1. The number of benzene rings is 1. The van der Waals surface area contributed by atoms with Crippen molar-refractivity contribution in [3.63, 3.8) is 0 Å². The van der Waals surface area contributed by atoms with Gasteiger partial charge in [-0.1, -0.05) is 29.5 Å². The van der Waals surface area contributed by atoms with Crippen LogP contribution in [0.25, 0.3) is 0 Å². The molecule has 3 aromatic rings. The number of piperazine rings is 1. The zero-order valence-electron chi connectivity index (χ0n) is 13.0. The third-order valence-corrected chi connectivity index (χ3v) is 4.78. The number of hydrogen-bond acceptors (Lipinski definition) is 8. The van der Waals surface area contributed by atoms with Crippen LogP contribution < -0.4 is 15.1 Å². The number of hydrogen-bond donors (Lipinski definition) is 1. The predicted molar refractivity (Wildman–Crippen MR) is 96.1 cm³/mol. The molecule has 1 aliphatic rings. The van der Waals surface area contributed by atoms with E-state index in [1.54, 1.807) is 18.6 Å². The van der Waals surface area contributed by atoms with Crippen molar-refractivity contribution < 1.29 is 0 Å². The maximum atomic E-state index is 4.30. The molecule has 8 heteroatoms. The number of nitrogens with one attached hydrogen (secondary N) is 1. The molecule has 3 heterocycles. The van der Waals surface area contributed by atoms with Gasteiger partial charge < -0.3 is 15.1 Å². The van der Waals surface area contributed by atoms with Gasteiger partial charge >= 0.3 is 0 Å². The smallest absolute Gasteiger partial charge is 0.213 e. The second-order valence-electron chi connectivity index (χ2n) is 5.42. The van der Waals surface area contributed by atoms with Crippen molar-refractivity contribution in [2.45, 2.75) is 0 Å². The number of rotatable bonds is 4. The quantitative estimate of drug-likeness (QED) is 0.782. The van der Waals surface area contributed by atoms with Crippen molar-refractivity contribution >= 4 is 33.1 Å². The first-order chi connectivity index (χ1) is 11.9. The van der Waals surface area contributed by atoms with Crippen LogP contribution in [0.3, 0.4) is 0 Å². The van der Waals surface area contributed by atoms with E-state index in [1.165, 1.54) is 17.0 Å². The highest BCUT2D eigenvalue weighted by Gasteiger charge is 2.20. The van der Waals surface area contributed by atoms with Gasteiger partial charge in [0.2, 0.25) is 10.3 Å². The van der Waals surface area contributed by atoms with Crippen LogP contribution in [-0.2, 0) is 0 Å². The van der Waals surface area contributed by atoms with Crippen LogP contribution in [-0.4, -0.2) is 46.3 Å². The lowest BCUT2D eigenvalue weighted by atomic mass is 10.2. The van der Waals surface area contributed by atoms with Gasteiger partial charge in [-0.2, -0.15) is 0 Å². The number of anilines is 4. The minimum atomic E-state index is 0.675. The first-order valence-electron chi connectivity index (χ1n) is 7.80. The van der Waals surface area contributed by atoms with Crippen molar-refractivity contribution in [1.82, 2.24) is 20.2 Å². The van der Waals surface area contributed by atoms with E-state index in [0.717, 1.165) is 36.4 Å². The molecule has 1 N–H and O–H groups in total. The molecule has 0 saturated carbocycles. The summed E-state index contributed by atoms with van der Waals surface area (Å²) in [6.07, 6.45) is 4.95. The fourth-order valence-corrected chi connectivity index (χ4v) is 3.47. The Kier molecular flexibility index (Phi) is 4.20. The minimum Gasteiger partial charge on any atom is -0.368 e. The van der Waals surface area contributed by atoms with Crippen LogP contribution in [0.4, 0.5) is 21.8 Å². The molecule has 1 aromatic carbocycles. The zero-order valence-corrected chi connectivity index (χ0v) is 13.9. The molecule has 7 nitrogen and oxygen atoms in total. The molecule has 1 aliphatic heterocycles. The second-order valence-corrected chi connectivity index (χ2v) is 6.37. The molecule has 24 heavy (non-hydrogen) atoms. The second kappa shape index (κ2) is 6.79. The minimum absolute atomic E-state index is 0.675. The van der Waals surface area contributed by atoms with E-state index in [2.05, 4.69) is 59.5 Å². The van der Waals surface area contributed by atoms with E-state index in [1.807, 2.05) is 6.07 Å². The van der Waals surface area contributed by atoms with Gasteiger partial charge in [0.25, 0.3) is 0 Å². The summed E-state index contributed by atoms with van der Waals surface area (Å²) in [5.74, 6) is 0.675. The lowest BCUT2D eigenvalue weighted by molar-refractivity contribution is 0.650. The Balaban J connectivity index is 1.38. The highest BCUT2D eigenvalue weighted by atomic mass is 32.1. The maximum absolute atomic E-state index is 4.30. The molecular weight excluding hydrogens is 322 g/mol. The van der Waals surface area contributed by atoms with Gasteiger partial charge in [-0.05, 0) is 12.1 Å². The summed E-state index contributed by atoms with van der Waals surface area (Å²) in [5, 5.41) is 13.3. The van der Waals surface area contributed by atoms with Crippen molar-refractivity contribution in [2.24, 2.45) is 0 Å². The number of aromatic nitrogens is 4. The lowest BCUT2D eigenvalue weighted by Gasteiger charge is -2.35. The molecule has 0 spiro atoms. The molecule has 2 aromatic heterocycles. The Morgan fingerprint density at radius 2 is 1.71 bits per heavy atom. The Labute approximate surface area is 144 Å². The molecule has 4 rings (SSSR count). The largest absolute Gasteiger partial charge is 0.368 e. The summed E-state index contributed by atoms with van der Waals surface area (Å²) in [7, 11) is 0. The summed E-state index contributed by atoms with van der Waals surface area (Å²) in [4.78, 5) is 12.9. The Morgan fingerprint density at radius 1 is 0.917 bits per heavy atom. The van der Waals surface area contributed by atoms with Gasteiger partial charge in [-0.15, -0.1) is 10.2 Å². The third kappa shape index (κ3) is 3.28. The summed E-state index contributed by atoms with van der Waals surface area (Å²) in [5.41, 5.74) is 1.28.